The molecular weight excluding hydrogens is 190 g/mol. The fraction of sp³-hybridized carbons (Fsp3) is 0.545. The number of nitrogens with two attached hydrogens (primary N) is 1. The summed E-state index contributed by atoms with van der Waals surface area (Å²) in [5.41, 5.74) is 6.62. The van der Waals surface area contributed by atoms with E-state index in [1.165, 1.54) is 19.3 Å². The molecule has 0 amide bonds. The zero-order valence-corrected chi connectivity index (χ0v) is 9.23. The Labute approximate surface area is 90.0 Å². The molecule has 1 fully saturated rings. The van der Waals surface area contributed by atoms with Crippen LogP contribution in [0.1, 0.15) is 19.3 Å². The van der Waals surface area contributed by atoms with Crippen molar-refractivity contribution >= 4 is 11.5 Å². The van der Waals surface area contributed by atoms with Crippen molar-refractivity contribution in [1.29, 1.82) is 0 Å². The van der Waals surface area contributed by atoms with Gasteiger partial charge in [0.05, 0.1) is 12.8 Å². The first-order valence-electron chi connectivity index (χ1n) is 5.25. The minimum Gasteiger partial charge on any atom is -0.481 e. The molecule has 0 aliphatic heterocycles. The second-order valence-corrected chi connectivity index (χ2v) is 3.96. The molecule has 1 aliphatic carbocycles. The van der Waals surface area contributed by atoms with Crippen LogP contribution in [-0.2, 0) is 0 Å². The third-order valence-electron chi connectivity index (χ3n) is 3.05. The highest BCUT2D eigenvalue weighted by Crippen LogP contribution is 2.31. The van der Waals surface area contributed by atoms with E-state index in [0.717, 1.165) is 5.82 Å². The van der Waals surface area contributed by atoms with E-state index in [4.69, 9.17) is 10.5 Å². The van der Waals surface area contributed by atoms with Crippen LogP contribution in [0.4, 0.5) is 11.5 Å². The molecule has 0 spiro atoms. The smallest absolute Gasteiger partial charge is 0.215 e. The third-order valence-corrected chi connectivity index (χ3v) is 3.05. The summed E-state index contributed by atoms with van der Waals surface area (Å²) in [5, 5.41) is 0. The Bertz CT molecular complexity index is 350. The SMILES string of the molecule is COc1ccc(N)c(N(C)C2CCC2)n1. The maximum Gasteiger partial charge on any atom is 0.215 e. The van der Waals surface area contributed by atoms with Crippen molar-refractivity contribution < 1.29 is 4.74 Å². The fourth-order valence-electron chi connectivity index (χ4n) is 1.78. The normalized spacial score (nSPS) is 15.9. The predicted molar refractivity (Wildman–Crippen MR) is 61.2 cm³/mol. The number of nitrogen functional groups attached to an aromatic ring is 1. The summed E-state index contributed by atoms with van der Waals surface area (Å²) in [7, 11) is 3.66. The van der Waals surface area contributed by atoms with Crippen LogP contribution < -0.4 is 15.4 Å². The van der Waals surface area contributed by atoms with Crippen molar-refractivity contribution in [2.75, 3.05) is 24.8 Å². The maximum atomic E-state index is 5.90. The third kappa shape index (κ3) is 1.84. The second-order valence-electron chi connectivity index (χ2n) is 3.96. The summed E-state index contributed by atoms with van der Waals surface area (Å²) in [4.78, 5) is 6.53. The Morgan fingerprint density at radius 2 is 2.20 bits per heavy atom. The van der Waals surface area contributed by atoms with Gasteiger partial charge in [-0.2, -0.15) is 4.98 Å². The Balaban J connectivity index is 2.24. The lowest BCUT2D eigenvalue weighted by molar-refractivity contribution is 0.387. The predicted octanol–water partition coefficient (Wildman–Crippen LogP) is 1.66. The van der Waals surface area contributed by atoms with Crippen LogP contribution in [0.25, 0.3) is 0 Å². The number of anilines is 2. The van der Waals surface area contributed by atoms with Gasteiger partial charge in [-0.25, -0.2) is 0 Å². The number of ether oxygens (including phenoxy) is 1. The highest BCUT2D eigenvalue weighted by molar-refractivity contribution is 5.63. The lowest BCUT2D eigenvalue weighted by Gasteiger charge is -2.36. The molecule has 2 rings (SSSR count). The van der Waals surface area contributed by atoms with Crippen LogP contribution in [0.2, 0.25) is 0 Å². The average molecular weight is 207 g/mol. The van der Waals surface area contributed by atoms with Crippen LogP contribution in [0.5, 0.6) is 5.88 Å². The number of rotatable bonds is 3. The quantitative estimate of drug-likeness (QED) is 0.819. The molecule has 1 aromatic rings. The summed E-state index contributed by atoms with van der Waals surface area (Å²) < 4.78 is 5.10. The lowest BCUT2D eigenvalue weighted by Crippen LogP contribution is -2.38. The van der Waals surface area contributed by atoms with Gasteiger partial charge in [-0.1, -0.05) is 0 Å². The first-order chi connectivity index (χ1) is 7.22. The van der Waals surface area contributed by atoms with Gasteiger partial charge in [-0.3, -0.25) is 0 Å². The van der Waals surface area contributed by atoms with Crippen LogP contribution >= 0.6 is 0 Å². The minimum absolute atomic E-state index is 0.590. The highest BCUT2D eigenvalue weighted by Gasteiger charge is 2.24. The van der Waals surface area contributed by atoms with E-state index in [1.807, 2.05) is 13.1 Å². The molecule has 15 heavy (non-hydrogen) atoms. The average Bonchev–Trinajstić information content (AvgIpc) is 2.15. The van der Waals surface area contributed by atoms with E-state index < -0.39 is 0 Å². The Morgan fingerprint density at radius 3 is 2.73 bits per heavy atom. The van der Waals surface area contributed by atoms with Gasteiger partial charge in [0.1, 0.15) is 0 Å². The summed E-state index contributed by atoms with van der Waals surface area (Å²) in [6.07, 6.45) is 3.77. The number of hydrogen-bond acceptors (Lipinski definition) is 4. The molecule has 1 aliphatic rings. The van der Waals surface area contributed by atoms with Gasteiger partial charge in [0.15, 0.2) is 5.82 Å². The minimum atomic E-state index is 0.590. The Kier molecular flexibility index (Phi) is 2.66. The number of hydrogen-bond donors (Lipinski definition) is 1. The molecule has 2 N–H and O–H groups in total. The fourth-order valence-corrected chi connectivity index (χ4v) is 1.78. The Morgan fingerprint density at radius 1 is 1.47 bits per heavy atom. The van der Waals surface area contributed by atoms with Gasteiger partial charge in [-0.05, 0) is 25.3 Å². The monoisotopic (exact) mass is 207 g/mol. The molecule has 0 atom stereocenters. The summed E-state index contributed by atoms with van der Waals surface area (Å²) in [6, 6.07) is 4.22. The molecule has 0 aromatic carbocycles. The van der Waals surface area contributed by atoms with Crippen molar-refractivity contribution in [3.8, 4) is 5.88 Å². The van der Waals surface area contributed by atoms with Crippen LogP contribution in [-0.4, -0.2) is 25.2 Å². The molecule has 82 valence electrons. The van der Waals surface area contributed by atoms with Gasteiger partial charge in [0.2, 0.25) is 5.88 Å². The van der Waals surface area contributed by atoms with Gasteiger partial charge in [0.25, 0.3) is 0 Å². The Hall–Kier alpha value is -1.45. The molecule has 1 aromatic heterocycles. The first kappa shape index (κ1) is 10.1. The van der Waals surface area contributed by atoms with Crippen molar-refractivity contribution in [1.82, 2.24) is 4.98 Å². The molecule has 1 heterocycles. The van der Waals surface area contributed by atoms with E-state index in [2.05, 4.69) is 9.88 Å². The highest BCUT2D eigenvalue weighted by atomic mass is 16.5. The van der Waals surface area contributed by atoms with Gasteiger partial charge < -0.3 is 15.4 Å². The molecule has 4 heteroatoms. The standard InChI is InChI=1S/C11H17N3O/c1-14(8-4-3-5-8)11-9(12)6-7-10(13-11)15-2/h6-8H,3-5,12H2,1-2H3. The van der Waals surface area contributed by atoms with Crippen molar-refractivity contribution in [3.05, 3.63) is 12.1 Å². The van der Waals surface area contributed by atoms with E-state index in [9.17, 15) is 0 Å². The van der Waals surface area contributed by atoms with Gasteiger partial charge in [0, 0.05) is 19.2 Å². The number of methoxy groups -OCH3 is 1. The van der Waals surface area contributed by atoms with Crippen LogP contribution in [0.15, 0.2) is 12.1 Å². The first-order valence-corrected chi connectivity index (χ1v) is 5.25. The van der Waals surface area contributed by atoms with E-state index in [1.54, 1.807) is 13.2 Å². The van der Waals surface area contributed by atoms with Crippen LogP contribution in [0.3, 0.4) is 0 Å². The molecule has 0 saturated heterocycles. The largest absolute Gasteiger partial charge is 0.481 e. The molecule has 0 unspecified atom stereocenters. The molecule has 1 saturated carbocycles. The second kappa shape index (κ2) is 3.96. The van der Waals surface area contributed by atoms with Crippen molar-refractivity contribution in [2.24, 2.45) is 0 Å². The molecular formula is C11H17N3O. The summed E-state index contributed by atoms with van der Waals surface area (Å²) in [5.74, 6) is 1.45. The van der Waals surface area contributed by atoms with Gasteiger partial charge in [-0.15, -0.1) is 0 Å². The van der Waals surface area contributed by atoms with Gasteiger partial charge >= 0.3 is 0 Å². The zero-order chi connectivity index (χ0) is 10.8. The molecule has 4 nitrogen and oxygen atoms in total. The number of aromatic nitrogens is 1. The summed E-state index contributed by atoms with van der Waals surface area (Å²) >= 11 is 0. The maximum absolute atomic E-state index is 5.90. The molecule has 0 bridgehead atoms. The molecule has 0 radical (unpaired) electrons. The van der Waals surface area contributed by atoms with Crippen molar-refractivity contribution in [2.45, 2.75) is 25.3 Å². The topological polar surface area (TPSA) is 51.4 Å². The van der Waals surface area contributed by atoms with Crippen molar-refractivity contribution in [3.63, 3.8) is 0 Å². The number of pyridine rings is 1. The van der Waals surface area contributed by atoms with E-state index in [-0.39, 0.29) is 0 Å². The number of nitrogens with zero attached hydrogens (tertiary/aromatic N) is 2. The van der Waals surface area contributed by atoms with Crippen LogP contribution in [0, 0.1) is 0 Å². The summed E-state index contributed by atoms with van der Waals surface area (Å²) in [6.45, 7) is 0. The van der Waals surface area contributed by atoms with E-state index in [0.29, 0.717) is 17.6 Å². The van der Waals surface area contributed by atoms with E-state index >= 15 is 0 Å². The zero-order valence-electron chi connectivity index (χ0n) is 9.23. The lowest BCUT2D eigenvalue weighted by atomic mass is 9.92.